The maximum absolute atomic E-state index is 12.8. The lowest BCUT2D eigenvalue weighted by atomic mass is 9.50. The molecule has 272 valence electrons. The normalized spacial score (nSPS) is 31.6. The lowest BCUT2D eigenvalue weighted by Crippen LogP contribution is -2.55. The van der Waals surface area contributed by atoms with Gasteiger partial charge in [0.25, 0.3) is 5.88 Å². The van der Waals surface area contributed by atoms with E-state index in [1.165, 1.54) is 18.1 Å². The summed E-state index contributed by atoms with van der Waals surface area (Å²) in [6.07, 6.45) is 8.73. The van der Waals surface area contributed by atoms with Crippen LogP contribution in [0.15, 0.2) is 23.3 Å². The second-order valence-corrected chi connectivity index (χ2v) is 16.2. The Morgan fingerprint density at radius 2 is 1.90 bits per heavy atom. The SMILES string of the molecule is CC(=O)OCC(=O)[C@@]1(O)CC[C@H]2[C@@H]3CCC4=CC(=O)CC[C@]4(C)C3=CC[C@@]21C.CC(C)(C)NC[C@H](O)COc1nsnc1N1CCOCC1. The maximum atomic E-state index is 12.8. The van der Waals surface area contributed by atoms with Crippen molar-refractivity contribution in [2.24, 2.45) is 22.7 Å². The first kappa shape index (κ1) is 37.5. The third-order valence-electron chi connectivity index (χ3n) is 11.4. The molecule has 49 heavy (non-hydrogen) atoms. The monoisotopic (exact) mass is 702 g/mol. The number of carbonyl (C=O) groups is 3. The number of fused-ring (bicyclic) bond motifs is 5. The number of nitrogens with zero attached hydrogens (tertiary/aromatic N) is 3. The largest absolute Gasteiger partial charge is 0.472 e. The Balaban J connectivity index is 0.000000200. The molecule has 0 aromatic carbocycles. The Labute approximate surface area is 294 Å². The van der Waals surface area contributed by atoms with Crippen molar-refractivity contribution in [2.75, 3.05) is 51.0 Å². The fourth-order valence-electron chi connectivity index (χ4n) is 8.51. The number of aliphatic hydroxyl groups is 2. The molecule has 0 spiro atoms. The number of anilines is 1. The zero-order valence-electron chi connectivity index (χ0n) is 29.9. The van der Waals surface area contributed by atoms with Gasteiger partial charge >= 0.3 is 5.97 Å². The van der Waals surface area contributed by atoms with Crippen LogP contribution in [-0.2, 0) is 23.9 Å². The third-order valence-corrected chi connectivity index (χ3v) is 11.9. The second-order valence-electron chi connectivity index (χ2n) is 15.7. The topological polar surface area (TPSA) is 160 Å². The summed E-state index contributed by atoms with van der Waals surface area (Å²) < 4.78 is 24.3. The van der Waals surface area contributed by atoms with Crippen LogP contribution >= 0.6 is 11.7 Å². The summed E-state index contributed by atoms with van der Waals surface area (Å²) in [7, 11) is 0. The Morgan fingerprint density at radius 3 is 2.59 bits per heavy atom. The molecular weight excluding hydrogens is 648 g/mol. The molecule has 6 rings (SSSR count). The molecular formula is C36H54N4O8S. The number of morpholine rings is 1. The Hall–Kier alpha value is -2.71. The number of carbonyl (C=O) groups excluding carboxylic acids is 3. The van der Waals surface area contributed by atoms with Crippen molar-refractivity contribution in [1.82, 2.24) is 14.1 Å². The van der Waals surface area contributed by atoms with E-state index in [1.54, 1.807) is 0 Å². The predicted molar refractivity (Wildman–Crippen MR) is 185 cm³/mol. The van der Waals surface area contributed by atoms with E-state index < -0.39 is 23.1 Å². The number of ether oxygens (including phenoxy) is 3. The lowest BCUT2D eigenvalue weighted by molar-refractivity contribution is -0.162. The first-order chi connectivity index (χ1) is 23.1. The number of allylic oxidation sites excluding steroid dienone is 4. The van der Waals surface area contributed by atoms with E-state index in [9.17, 15) is 24.6 Å². The zero-order chi connectivity index (χ0) is 35.6. The average molecular weight is 703 g/mol. The van der Waals surface area contributed by atoms with Crippen LogP contribution in [0.25, 0.3) is 0 Å². The number of ketones is 2. The highest BCUT2D eigenvalue weighted by atomic mass is 32.1. The summed E-state index contributed by atoms with van der Waals surface area (Å²) in [6.45, 7) is 15.0. The molecule has 13 heteroatoms. The summed E-state index contributed by atoms with van der Waals surface area (Å²) in [6, 6.07) is 0. The summed E-state index contributed by atoms with van der Waals surface area (Å²) in [5, 5.41) is 24.6. The summed E-state index contributed by atoms with van der Waals surface area (Å²) in [5.41, 5.74) is 0.600. The van der Waals surface area contributed by atoms with Crippen molar-refractivity contribution in [3.8, 4) is 5.88 Å². The molecule has 4 aliphatic carbocycles. The number of aromatic nitrogens is 2. The van der Waals surface area contributed by atoms with Crippen LogP contribution in [0, 0.1) is 22.7 Å². The highest BCUT2D eigenvalue weighted by Gasteiger charge is 2.64. The molecule has 0 unspecified atom stereocenters. The van der Waals surface area contributed by atoms with Crippen LogP contribution in [0.2, 0.25) is 0 Å². The molecule has 3 fully saturated rings. The molecule has 1 aromatic rings. The number of nitrogens with one attached hydrogen (secondary N) is 1. The molecule has 0 radical (unpaired) electrons. The molecule has 2 saturated carbocycles. The Morgan fingerprint density at radius 1 is 1.16 bits per heavy atom. The van der Waals surface area contributed by atoms with Crippen LogP contribution in [-0.4, -0.2) is 99.8 Å². The first-order valence-electron chi connectivity index (χ1n) is 17.6. The van der Waals surface area contributed by atoms with Gasteiger partial charge in [-0.3, -0.25) is 14.4 Å². The van der Waals surface area contributed by atoms with Gasteiger partial charge in [0.15, 0.2) is 12.4 Å². The maximum Gasteiger partial charge on any atom is 0.303 e. The van der Waals surface area contributed by atoms with Gasteiger partial charge in [0.05, 0.1) is 24.9 Å². The van der Waals surface area contributed by atoms with Gasteiger partial charge in [0.2, 0.25) is 11.6 Å². The van der Waals surface area contributed by atoms with Gasteiger partial charge in [-0.05, 0) is 77.2 Å². The fourth-order valence-corrected chi connectivity index (χ4v) is 9.03. The molecule has 3 N–H and O–H groups in total. The lowest BCUT2D eigenvalue weighted by Gasteiger charge is -2.54. The van der Waals surface area contributed by atoms with Gasteiger partial charge < -0.3 is 34.6 Å². The molecule has 5 aliphatic rings. The highest BCUT2D eigenvalue weighted by molar-refractivity contribution is 6.99. The standard InChI is InChI=1S/C23H30O5.C13H24N4O3S/c1-14(24)28-13-20(26)23(27)11-8-19-17-5-4-15-12-16(25)6-9-21(15,2)18(17)7-10-22(19,23)3;1-13(2,3)14-8-10(18)9-20-12-11(15-21-16-12)17-4-6-19-7-5-17/h7,12,17,19,27H,4-6,8-11,13H2,1-3H3;10,14,18H,4-9H2,1-3H3/t17-,19+,21+,22+,23+;10-/m10/s1. The quantitative estimate of drug-likeness (QED) is 0.253. The predicted octanol–water partition coefficient (Wildman–Crippen LogP) is 3.80. The first-order valence-corrected chi connectivity index (χ1v) is 18.3. The minimum atomic E-state index is -1.45. The summed E-state index contributed by atoms with van der Waals surface area (Å²) in [4.78, 5) is 38.0. The summed E-state index contributed by atoms with van der Waals surface area (Å²) >= 11 is 1.12. The van der Waals surface area contributed by atoms with Crippen molar-refractivity contribution < 1.29 is 38.8 Å². The minimum absolute atomic E-state index is 0.0257. The van der Waals surface area contributed by atoms with Crippen molar-refractivity contribution in [1.29, 1.82) is 0 Å². The van der Waals surface area contributed by atoms with Gasteiger partial charge in [-0.15, -0.1) is 4.37 Å². The molecule has 0 bridgehead atoms. The molecule has 1 aliphatic heterocycles. The number of β-amino-alcohol motifs (C(OH)–C–C–N with tert-alkyl or cyclic N) is 1. The van der Waals surface area contributed by atoms with Gasteiger partial charge in [-0.25, -0.2) is 0 Å². The number of hydrogen-bond acceptors (Lipinski definition) is 13. The van der Waals surface area contributed by atoms with E-state index in [-0.39, 0.29) is 41.7 Å². The molecule has 1 saturated heterocycles. The van der Waals surface area contributed by atoms with Crippen molar-refractivity contribution in [3.63, 3.8) is 0 Å². The van der Waals surface area contributed by atoms with Crippen LogP contribution in [0.5, 0.6) is 5.88 Å². The van der Waals surface area contributed by atoms with Crippen LogP contribution in [0.1, 0.15) is 86.5 Å². The van der Waals surface area contributed by atoms with E-state index in [4.69, 9.17) is 14.2 Å². The Bertz CT molecular complexity index is 1450. The number of esters is 1. The van der Waals surface area contributed by atoms with Gasteiger partial charge in [0, 0.05) is 49.3 Å². The van der Waals surface area contributed by atoms with Crippen molar-refractivity contribution in [2.45, 2.75) is 104 Å². The molecule has 6 atom stereocenters. The summed E-state index contributed by atoms with van der Waals surface area (Å²) in [5.74, 6) is 1.16. The molecule has 2 heterocycles. The van der Waals surface area contributed by atoms with E-state index in [0.717, 1.165) is 56.3 Å². The van der Waals surface area contributed by atoms with Gasteiger partial charge in [-0.2, -0.15) is 4.37 Å². The highest BCUT2D eigenvalue weighted by Crippen LogP contribution is 2.65. The minimum Gasteiger partial charge on any atom is -0.472 e. The molecule has 0 amide bonds. The van der Waals surface area contributed by atoms with E-state index in [0.29, 0.717) is 50.8 Å². The van der Waals surface area contributed by atoms with E-state index in [2.05, 4.69) is 52.7 Å². The molecule has 12 nitrogen and oxygen atoms in total. The fraction of sp³-hybridized carbons (Fsp3) is 0.750. The van der Waals surface area contributed by atoms with Crippen LogP contribution in [0.3, 0.4) is 0 Å². The van der Waals surface area contributed by atoms with Crippen LogP contribution < -0.4 is 15.0 Å². The smallest absolute Gasteiger partial charge is 0.303 e. The number of hydrogen-bond donors (Lipinski definition) is 3. The Kier molecular flexibility index (Phi) is 11.4. The third kappa shape index (κ3) is 7.96. The van der Waals surface area contributed by atoms with Gasteiger partial charge in [-0.1, -0.05) is 31.1 Å². The van der Waals surface area contributed by atoms with Crippen LogP contribution in [0.4, 0.5) is 5.82 Å². The number of Topliss-reactive ketones (excluding diaryl/α,β-unsaturated/α-hetero) is 1. The number of rotatable bonds is 9. The van der Waals surface area contributed by atoms with E-state index in [1.807, 2.05) is 13.0 Å². The zero-order valence-corrected chi connectivity index (χ0v) is 30.7. The number of aliphatic hydroxyl groups excluding tert-OH is 1. The van der Waals surface area contributed by atoms with E-state index >= 15 is 0 Å². The molecule has 1 aromatic heterocycles. The van der Waals surface area contributed by atoms with Gasteiger partial charge in [0.1, 0.15) is 18.3 Å². The average Bonchev–Trinajstić information content (AvgIpc) is 3.64. The second kappa shape index (κ2) is 14.9. The van der Waals surface area contributed by atoms with Crippen molar-refractivity contribution in [3.05, 3.63) is 23.3 Å². The van der Waals surface area contributed by atoms with Crippen molar-refractivity contribution >= 4 is 35.1 Å².